The van der Waals surface area contributed by atoms with Crippen LogP contribution >= 0.6 is 0 Å². The zero-order valence-corrected chi connectivity index (χ0v) is 16.3. The smallest absolute Gasteiger partial charge is 0.279 e. The molecule has 20 heavy (non-hydrogen) atoms. The Balaban J connectivity index is 0.00000361. The molecule has 1 amide bonds. The van der Waals surface area contributed by atoms with Crippen molar-refractivity contribution < 1.29 is 42.0 Å². The largest absolute Gasteiger partial charge is 0.321 e. The molecule has 0 saturated heterocycles. The van der Waals surface area contributed by atoms with Crippen LogP contribution in [0.15, 0.2) is 18.2 Å². The van der Waals surface area contributed by atoms with Gasteiger partial charge in [0.1, 0.15) is 0 Å². The van der Waals surface area contributed by atoms with Crippen LogP contribution in [0, 0.1) is 13.8 Å². The molecule has 0 bridgehead atoms. The minimum atomic E-state index is 0. The summed E-state index contributed by atoms with van der Waals surface area (Å²) in [6.45, 7) is 14.1. The van der Waals surface area contributed by atoms with Gasteiger partial charge in [0.15, 0.2) is 6.54 Å². The monoisotopic (exact) mass is 352 g/mol. The molecule has 0 unspecified atom stereocenters. The van der Waals surface area contributed by atoms with Gasteiger partial charge in [-0.2, -0.15) is 0 Å². The molecule has 0 aromatic heterocycles. The molecule has 0 saturated carbocycles. The summed E-state index contributed by atoms with van der Waals surface area (Å²) in [5, 5.41) is 3.08. The van der Waals surface area contributed by atoms with Crippen LogP contribution in [0.2, 0.25) is 0 Å². The average Bonchev–Trinajstić information content (AvgIpc) is 2.41. The van der Waals surface area contributed by atoms with Gasteiger partial charge in [-0.3, -0.25) is 4.79 Å². The quantitative estimate of drug-likeness (QED) is 0.783. The Morgan fingerprint density at radius 3 is 1.90 bits per heavy atom. The molecule has 1 radical (unpaired) electrons. The average molecular weight is 352 g/mol. The van der Waals surface area contributed by atoms with E-state index < -0.39 is 0 Å². The van der Waals surface area contributed by atoms with Crippen LogP contribution in [0.1, 0.15) is 31.9 Å². The second-order valence-electron chi connectivity index (χ2n) is 5.26. The van der Waals surface area contributed by atoms with E-state index in [0.29, 0.717) is 6.54 Å². The van der Waals surface area contributed by atoms with E-state index in [9.17, 15) is 4.79 Å². The molecule has 1 aromatic rings. The van der Waals surface area contributed by atoms with Crippen molar-refractivity contribution in [1.29, 1.82) is 0 Å². The molecule has 0 aliphatic carbocycles. The Labute approximate surface area is 148 Å². The van der Waals surface area contributed by atoms with Crippen molar-refractivity contribution in [3.05, 3.63) is 29.3 Å². The summed E-state index contributed by atoms with van der Waals surface area (Å²) < 4.78 is 0.844. The molecular formula is C16H27N2OY+. The molecule has 3 nitrogen and oxygen atoms in total. The summed E-state index contributed by atoms with van der Waals surface area (Å²) in [5.74, 6) is 0.114. The summed E-state index contributed by atoms with van der Waals surface area (Å²) in [7, 11) is 0. The first kappa shape index (κ1) is 19.8. The normalized spacial score (nSPS) is 10.8. The number of nitrogens with zero attached hydrogens (tertiary/aromatic N) is 1. The number of nitrogens with one attached hydrogen (secondary N) is 1. The van der Waals surface area contributed by atoms with E-state index >= 15 is 0 Å². The number of carbonyl (C=O) groups excluding carboxylic acids is 1. The van der Waals surface area contributed by atoms with Gasteiger partial charge in [0, 0.05) is 38.4 Å². The van der Waals surface area contributed by atoms with Crippen LogP contribution in [0.4, 0.5) is 5.69 Å². The Bertz CT molecular complexity index is 414. The van der Waals surface area contributed by atoms with Crippen LogP contribution in [-0.4, -0.2) is 36.6 Å². The molecule has 0 aliphatic rings. The van der Waals surface area contributed by atoms with Gasteiger partial charge in [0.05, 0.1) is 19.6 Å². The zero-order valence-electron chi connectivity index (χ0n) is 13.5. The third kappa shape index (κ3) is 4.94. The maximum atomic E-state index is 12.3. The van der Waals surface area contributed by atoms with Gasteiger partial charge in [0.2, 0.25) is 0 Å². The number of benzene rings is 1. The molecule has 109 valence electrons. The summed E-state index contributed by atoms with van der Waals surface area (Å²) in [6.07, 6.45) is 0. The van der Waals surface area contributed by atoms with E-state index in [-0.39, 0.29) is 38.6 Å². The Hall–Kier alpha value is -0.246. The Kier molecular flexibility index (Phi) is 8.80. The number of hydrogen-bond acceptors (Lipinski definition) is 1. The Morgan fingerprint density at radius 2 is 1.50 bits per heavy atom. The Morgan fingerprint density at radius 1 is 1.05 bits per heavy atom. The number of hydrogen-bond donors (Lipinski definition) is 1. The number of rotatable bonds is 6. The number of carbonyl (C=O) groups is 1. The SMILES string of the molecule is CC[N+](CC)(CC)CC(=O)Nc1c(C)cccc1C.[Y]. The predicted molar refractivity (Wildman–Crippen MR) is 81.3 cm³/mol. The number of aryl methyl sites for hydroxylation is 2. The van der Waals surface area contributed by atoms with Crippen molar-refractivity contribution in [2.75, 3.05) is 31.5 Å². The van der Waals surface area contributed by atoms with Gasteiger partial charge in [-0.25, -0.2) is 0 Å². The third-order valence-corrected chi connectivity index (χ3v) is 4.24. The van der Waals surface area contributed by atoms with Crippen molar-refractivity contribution in [3.63, 3.8) is 0 Å². The van der Waals surface area contributed by atoms with E-state index in [1.54, 1.807) is 0 Å². The fourth-order valence-electron chi connectivity index (χ4n) is 2.50. The number of amides is 1. The molecule has 0 spiro atoms. The second kappa shape index (κ2) is 8.91. The second-order valence-corrected chi connectivity index (χ2v) is 5.26. The van der Waals surface area contributed by atoms with Crippen molar-refractivity contribution in [2.24, 2.45) is 0 Å². The molecular weight excluding hydrogens is 325 g/mol. The summed E-state index contributed by atoms with van der Waals surface area (Å²) in [4.78, 5) is 12.3. The molecule has 1 N–H and O–H groups in total. The minimum absolute atomic E-state index is 0. The molecule has 4 heteroatoms. The fraction of sp³-hybridized carbons (Fsp3) is 0.562. The van der Waals surface area contributed by atoms with Crippen molar-refractivity contribution in [1.82, 2.24) is 0 Å². The van der Waals surface area contributed by atoms with E-state index in [1.165, 1.54) is 0 Å². The number of para-hydroxylation sites is 1. The zero-order chi connectivity index (χ0) is 14.5. The van der Waals surface area contributed by atoms with Crippen LogP contribution in [0.5, 0.6) is 0 Å². The first-order chi connectivity index (χ1) is 8.98. The summed E-state index contributed by atoms with van der Waals surface area (Å²) >= 11 is 0. The standard InChI is InChI=1S/C16H26N2O.Y/c1-6-18(7-2,8-3)12-15(19)17-16-13(4)10-9-11-14(16)5;/h9-11H,6-8,12H2,1-5H3;/p+1. The van der Waals surface area contributed by atoms with E-state index in [4.69, 9.17) is 0 Å². The minimum Gasteiger partial charge on any atom is -0.321 e. The summed E-state index contributed by atoms with van der Waals surface area (Å²) in [5.41, 5.74) is 3.21. The van der Waals surface area contributed by atoms with Crippen LogP contribution in [0.25, 0.3) is 0 Å². The van der Waals surface area contributed by atoms with E-state index in [0.717, 1.165) is 40.9 Å². The molecule has 0 atom stereocenters. The van der Waals surface area contributed by atoms with Crippen molar-refractivity contribution in [3.8, 4) is 0 Å². The van der Waals surface area contributed by atoms with E-state index in [2.05, 4.69) is 26.1 Å². The van der Waals surface area contributed by atoms with Crippen LogP contribution in [0.3, 0.4) is 0 Å². The first-order valence-corrected chi connectivity index (χ1v) is 7.19. The van der Waals surface area contributed by atoms with Gasteiger partial charge in [-0.15, -0.1) is 0 Å². The van der Waals surface area contributed by atoms with Crippen molar-refractivity contribution >= 4 is 11.6 Å². The van der Waals surface area contributed by atoms with Gasteiger partial charge in [-0.1, -0.05) is 18.2 Å². The van der Waals surface area contributed by atoms with Gasteiger partial charge in [0.25, 0.3) is 5.91 Å². The maximum Gasteiger partial charge on any atom is 0.279 e. The van der Waals surface area contributed by atoms with E-state index in [1.807, 2.05) is 32.0 Å². The summed E-state index contributed by atoms with van der Waals surface area (Å²) in [6, 6.07) is 6.08. The first-order valence-electron chi connectivity index (χ1n) is 7.19. The van der Waals surface area contributed by atoms with Gasteiger partial charge in [-0.05, 0) is 45.7 Å². The number of quaternary nitrogens is 1. The molecule has 0 fully saturated rings. The van der Waals surface area contributed by atoms with Gasteiger partial charge < -0.3 is 9.80 Å². The molecule has 0 aliphatic heterocycles. The maximum absolute atomic E-state index is 12.3. The molecule has 1 aromatic carbocycles. The molecule has 0 heterocycles. The predicted octanol–water partition coefficient (Wildman–Crippen LogP) is 3.12. The number of anilines is 1. The van der Waals surface area contributed by atoms with Crippen LogP contribution < -0.4 is 5.32 Å². The third-order valence-electron chi connectivity index (χ3n) is 4.24. The molecule has 1 rings (SSSR count). The van der Waals surface area contributed by atoms with Crippen molar-refractivity contribution in [2.45, 2.75) is 34.6 Å². The van der Waals surface area contributed by atoms with Gasteiger partial charge >= 0.3 is 0 Å². The number of likely N-dealkylation sites (N-methyl/N-ethyl adjacent to an activating group) is 1. The topological polar surface area (TPSA) is 29.1 Å². The van der Waals surface area contributed by atoms with Crippen LogP contribution in [-0.2, 0) is 37.5 Å². The fourth-order valence-corrected chi connectivity index (χ4v) is 2.50.